The van der Waals surface area contributed by atoms with E-state index in [1.54, 1.807) is 6.07 Å². The van der Waals surface area contributed by atoms with E-state index >= 15 is 0 Å². The van der Waals surface area contributed by atoms with E-state index in [2.05, 4.69) is 50.4 Å². The van der Waals surface area contributed by atoms with Crippen LogP contribution in [0.4, 0.5) is 23.3 Å². The molecule has 0 aliphatic heterocycles. The van der Waals surface area contributed by atoms with Crippen molar-refractivity contribution < 1.29 is 0 Å². The minimum absolute atomic E-state index is 0.429. The number of nitrogens with zero attached hydrogens (tertiary/aromatic N) is 2. The lowest BCUT2D eigenvalue weighted by atomic mass is 9.84. The predicted molar refractivity (Wildman–Crippen MR) is 93.2 cm³/mol. The molecule has 2 aromatic rings. The molecule has 1 heterocycles. The maximum atomic E-state index is 5.40. The fraction of sp³-hybridized carbons (Fsp3) is 0.375. The molecule has 7 heteroatoms. The van der Waals surface area contributed by atoms with E-state index in [-0.39, 0.29) is 0 Å². The van der Waals surface area contributed by atoms with Crippen molar-refractivity contribution in [1.82, 2.24) is 9.97 Å². The van der Waals surface area contributed by atoms with Crippen LogP contribution >= 0.6 is 0 Å². The summed E-state index contributed by atoms with van der Waals surface area (Å²) in [6, 6.07) is 10.1. The fourth-order valence-corrected chi connectivity index (χ4v) is 3.05. The van der Waals surface area contributed by atoms with E-state index in [1.165, 1.54) is 37.7 Å². The molecule has 3 rings (SSSR count). The highest BCUT2D eigenvalue weighted by Crippen LogP contribution is 2.33. The summed E-state index contributed by atoms with van der Waals surface area (Å²) in [6.07, 6.45) is 6.65. The highest BCUT2D eigenvalue weighted by Gasteiger charge is 2.15. The van der Waals surface area contributed by atoms with Crippen molar-refractivity contribution >= 4 is 23.3 Å². The predicted octanol–water partition coefficient (Wildman–Crippen LogP) is 2.84. The van der Waals surface area contributed by atoms with Crippen LogP contribution in [-0.4, -0.2) is 9.97 Å². The first-order chi connectivity index (χ1) is 11.3. The molecule has 122 valence electrons. The average Bonchev–Trinajstić information content (AvgIpc) is 2.62. The fourth-order valence-electron chi connectivity index (χ4n) is 3.05. The third kappa shape index (κ3) is 3.88. The summed E-state index contributed by atoms with van der Waals surface area (Å²) in [5.41, 5.74) is 7.33. The van der Waals surface area contributed by atoms with Gasteiger partial charge in [0.2, 0.25) is 5.95 Å². The van der Waals surface area contributed by atoms with E-state index in [1.807, 2.05) is 0 Å². The van der Waals surface area contributed by atoms with Crippen molar-refractivity contribution in [2.75, 3.05) is 16.2 Å². The zero-order valence-corrected chi connectivity index (χ0v) is 13.0. The van der Waals surface area contributed by atoms with E-state index in [4.69, 9.17) is 11.7 Å². The molecule has 0 unspecified atom stereocenters. The lowest BCUT2D eigenvalue weighted by molar-refractivity contribution is 0.443. The van der Waals surface area contributed by atoms with Crippen LogP contribution in [0.15, 0.2) is 30.3 Å². The van der Waals surface area contributed by atoms with Gasteiger partial charge in [0, 0.05) is 11.8 Å². The summed E-state index contributed by atoms with van der Waals surface area (Å²) in [5, 5.41) is 3.17. The quantitative estimate of drug-likeness (QED) is 0.426. The maximum absolute atomic E-state index is 5.40. The first-order valence-electron chi connectivity index (χ1n) is 7.98. The molecule has 0 atom stereocenters. The Kier molecular flexibility index (Phi) is 4.89. The SMILES string of the molecule is NNc1cc(NN)nc(Nc2ccc(C3CCCCC3)cc2)n1. The van der Waals surface area contributed by atoms with Gasteiger partial charge in [-0.1, -0.05) is 31.4 Å². The van der Waals surface area contributed by atoms with Crippen molar-refractivity contribution in [3.63, 3.8) is 0 Å². The Balaban J connectivity index is 1.72. The van der Waals surface area contributed by atoms with Crippen LogP contribution in [0.3, 0.4) is 0 Å². The van der Waals surface area contributed by atoms with Gasteiger partial charge in [-0.2, -0.15) is 9.97 Å². The Morgan fingerprint density at radius 1 is 0.870 bits per heavy atom. The van der Waals surface area contributed by atoms with Crippen molar-refractivity contribution in [3.8, 4) is 0 Å². The van der Waals surface area contributed by atoms with Crippen molar-refractivity contribution in [1.29, 1.82) is 0 Å². The normalized spacial score (nSPS) is 15.2. The third-order valence-electron chi connectivity index (χ3n) is 4.27. The van der Waals surface area contributed by atoms with Crippen molar-refractivity contribution in [2.45, 2.75) is 38.0 Å². The second kappa shape index (κ2) is 7.26. The number of hydrogen-bond acceptors (Lipinski definition) is 7. The van der Waals surface area contributed by atoms with E-state index in [9.17, 15) is 0 Å². The van der Waals surface area contributed by atoms with Gasteiger partial charge < -0.3 is 16.2 Å². The topological polar surface area (TPSA) is 114 Å². The van der Waals surface area contributed by atoms with Gasteiger partial charge in [0.15, 0.2) is 0 Å². The molecule has 0 spiro atoms. The van der Waals surface area contributed by atoms with Crippen molar-refractivity contribution in [2.24, 2.45) is 11.7 Å². The minimum atomic E-state index is 0.429. The molecule has 7 nitrogen and oxygen atoms in total. The first kappa shape index (κ1) is 15.5. The van der Waals surface area contributed by atoms with Crippen LogP contribution in [-0.2, 0) is 0 Å². The summed E-state index contributed by atoms with van der Waals surface area (Å²) in [4.78, 5) is 8.51. The summed E-state index contributed by atoms with van der Waals surface area (Å²) >= 11 is 0. The van der Waals surface area contributed by atoms with Crippen LogP contribution < -0.4 is 27.9 Å². The Morgan fingerprint density at radius 2 is 1.48 bits per heavy atom. The molecule has 7 N–H and O–H groups in total. The molecular formula is C16H23N7. The molecule has 0 radical (unpaired) electrons. The molecular weight excluding hydrogens is 290 g/mol. The summed E-state index contributed by atoms with van der Waals surface area (Å²) in [7, 11) is 0. The molecule has 1 fully saturated rings. The average molecular weight is 313 g/mol. The Hall–Kier alpha value is -2.38. The summed E-state index contributed by atoms with van der Waals surface area (Å²) in [6.45, 7) is 0. The number of aromatic nitrogens is 2. The highest BCUT2D eigenvalue weighted by atomic mass is 15.3. The van der Waals surface area contributed by atoms with Crippen LogP contribution in [0, 0.1) is 0 Å². The molecule has 1 aliphatic rings. The maximum Gasteiger partial charge on any atom is 0.231 e. The number of hydrazine groups is 2. The molecule has 1 saturated carbocycles. The Morgan fingerprint density at radius 3 is 2.04 bits per heavy atom. The van der Waals surface area contributed by atoms with Gasteiger partial charge in [-0.05, 0) is 36.5 Å². The number of benzene rings is 1. The van der Waals surface area contributed by atoms with Gasteiger partial charge in [0.05, 0.1) is 0 Å². The molecule has 0 saturated heterocycles. The first-order valence-corrected chi connectivity index (χ1v) is 7.98. The molecule has 1 aromatic carbocycles. The van der Waals surface area contributed by atoms with E-state index in [0.717, 1.165) is 5.69 Å². The lowest BCUT2D eigenvalue weighted by Gasteiger charge is -2.22. The number of nitrogens with one attached hydrogen (secondary N) is 3. The third-order valence-corrected chi connectivity index (χ3v) is 4.27. The van der Waals surface area contributed by atoms with Crippen LogP contribution in [0.5, 0.6) is 0 Å². The molecule has 0 bridgehead atoms. The molecule has 23 heavy (non-hydrogen) atoms. The van der Waals surface area contributed by atoms with Gasteiger partial charge in [-0.25, -0.2) is 11.7 Å². The molecule has 1 aliphatic carbocycles. The number of anilines is 4. The Labute approximate surface area is 135 Å². The van der Waals surface area contributed by atoms with Gasteiger partial charge in [-0.15, -0.1) is 0 Å². The number of rotatable bonds is 5. The molecule has 1 aromatic heterocycles. The minimum Gasteiger partial charge on any atom is -0.324 e. The van der Waals surface area contributed by atoms with Crippen LogP contribution in [0.2, 0.25) is 0 Å². The second-order valence-electron chi connectivity index (χ2n) is 5.83. The van der Waals surface area contributed by atoms with E-state index in [0.29, 0.717) is 23.5 Å². The standard InChI is InChI=1S/C16H23N7/c17-22-14-10-15(23-18)21-16(20-14)19-13-8-6-12(7-9-13)11-4-2-1-3-5-11/h6-11H,1-5,17-18H2,(H3,19,20,21,22,23). The van der Waals surface area contributed by atoms with Gasteiger partial charge in [-0.3, -0.25) is 0 Å². The summed E-state index contributed by atoms with van der Waals surface area (Å²) in [5.74, 6) is 12.9. The van der Waals surface area contributed by atoms with Crippen LogP contribution in [0.1, 0.15) is 43.6 Å². The number of nitrogens with two attached hydrogens (primary N) is 2. The molecule has 0 amide bonds. The highest BCUT2D eigenvalue weighted by molar-refractivity contribution is 5.58. The zero-order valence-electron chi connectivity index (χ0n) is 13.0. The van der Waals surface area contributed by atoms with Gasteiger partial charge in [0.25, 0.3) is 0 Å². The second-order valence-corrected chi connectivity index (χ2v) is 5.83. The largest absolute Gasteiger partial charge is 0.324 e. The van der Waals surface area contributed by atoms with Crippen molar-refractivity contribution in [3.05, 3.63) is 35.9 Å². The van der Waals surface area contributed by atoms with Gasteiger partial charge in [0.1, 0.15) is 11.6 Å². The zero-order chi connectivity index (χ0) is 16.1. The smallest absolute Gasteiger partial charge is 0.231 e. The monoisotopic (exact) mass is 313 g/mol. The Bertz CT molecular complexity index is 613. The van der Waals surface area contributed by atoms with Crippen LogP contribution in [0.25, 0.3) is 0 Å². The van der Waals surface area contributed by atoms with Gasteiger partial charge >= 0.3 is 0 Å². The van der Waals surface area contributed by atoms with E-state index < -0.39 is 0 Å². The lowest BCUT2D eigenvalue weighted by Crippen LogP contribution is -2.14. The summed E-state index contributed by atoms with van der Waals surface area (Å²) < 4.78 is 0. The number of nitrogen functional groups attached to an aromatic ring is 2. The number of hydrogen-bond donors (Lipinski definition) is 5.